The Kier molecular flexibility index (Phi) is 6.76. The minimum atomic E-state index is 0.873. The molecular weight excluding hydrogens is 663 g/mol. The number of nitrogens with zero attached hydrogens (tertiary/aromatic N) is 1. The molecule has 11 aromatic rings. The van der Waals surface area contributed by atoms with Crippen LogP contribution < -0.4 is 4.90 Å². The molecular formula is C50H31NOS. The Bertz CT molecular complexity index is 3160. The average Bonchev–Trinajstić information content (AvgIpc) is 3.81. The Labute approximate surface area is 310 Å². The minimum Gasteiger partial charge on any atom is -0.454 e. The van der Waals surface area contributed by atoms with Crippen LogP contribution in [-0.2, 0) is 0 Å². The van der Waals surface area contributed by atoms with E-state index in [1.165, 1.54) is 64.0 Å². The molecule has 0 atom stereocenters. The largest absolute Gasteiger partial charge is 0.454 e. The van der Waals surface area contributed by atoms with Crippen LogP contribution >= 0.6 is 11.3 Å². The number of hydrogen-bond donors (Lipinski definition) is 0. The molecule has 0 bridgehead atoms. The van der Waals surface area contributed by atoms with Crippen LogP contribution in [0.3, 0.4) is 0 Å². The monoisotopic (exact) mass is 693 g/mol. The quantitative estimate of drug-likeness (QED) is 0.178. The summed E-state index contributed by atoms with van der Waals surface area (Å²) in [6, 6.07) is 67.8. The number of fused-ring (bicyclic) bond motifs is 9. The normalized spacial score (nSPS) is 11.8. The summed E-state index contributed by atoms with van der Waals surface area (Å²) < 4.78 is 9.26. The van der Waals surface area contributed by atoms with Crippen LogP contribution in [0.2, 0.25) is 0 Å². The maximum Gasteiger partial charge on any atom is 0.159 e. The molecule has 0 fully saturated rings. The van der Waals surface area contributed by atoms with Gasteiger partial charge in [-0.25, -0.2) is 0 Å². The van der Waals surface area contributed by atoms with E-state index in [4.69, 9.17) is 4.42 Å². The molecule has 0 radical (unpaired) electrons. The molecule has 2 nitrogen and oxygen atoms in total. The van der Waals surface area contributed by atoms with Crippen molar-refractivity contribution in [3.63, 3.8) is 0 Å². The van der Waals surface area contributed by atoms with Gasteiger partial charge in [-0.05, 0) is 86.8 Å². The lowest BCUT2D eigenvalue weighted by molar-refractivity contribution is 0.669. The average molecular weight is 694 g/mol. The summed E-state index contributed by atoms with van der Waals surface area (Å²) in [5.74, 6) is 0. The third kappa shape index (κ3) is 4.78. The van der Waals surface area contributed by atoms with Crippen LogP contribution in [0.25, 0.3) is 85.9 Å². The zero-order valence-corrected chi connectivity index (χ0v) is 29.5. The zero-order chi connectivity index (χ0) is 34.9. The summed E-state index contributed by atoms with van der Waals surface area (Å²) in [7, 11) is 0. The first-order valence-corrected chi connectivity index (χ1v) is 18.8. The predicted octanol–water partition coefficient (Wildman–Crippen LogP) is 15.1. The van der Waals surface area contributed by atoms with Crippen molar-refractivity contribution in [2.24, 2.45) is 0 Å². The molecule has 0 aliphatic heterocycles. The third-order valence-electron chi connectivity index (χ3n) is 10.7. The maximum atomic E-state index is 6.62. The Hall–Kier alpha value is -6.68. The van der Waals surface area contributed by atoms with E-state index in [-0.39, 0.29) is 0 Å². The molecule has 0 unspecified atom stereocenters. The predicted molar refractivity (Wildman–Crippen MR) is 227 cm³/mol. The van der Waals surface area contributed by atoms with Crippen molar-refractivity contribution in [1.82, 2.24) is 0 Å². The van der Waals surface area contributed by atoms with Gasteiger partial charge in [-0.1, -0.05) is 140 Å². The van der Waals surface area contributed by atoms with Gasteiger partial charge in [-0.2, -0.15) is 0 Å². The van der Waals surface area contributed by atoms with Gasteiger partial charge in [0, 0.05) is 47.9 Å². The van der Waals surface area contributed by atoms with Gasteiger partial charge in [0.05, 0.1) is 5.69 Å². The second kappa shape index (κ2) is 11.9. The SMILES string of the molecule is c1ccc2c(-c3ccc(N(c4ccc(-c5cc6ccccc6c6c5sc5ccccc56)cc4)c4cccc5c4oc4ccccc45)cc3)cccc2c1. The number of thiophene rings is 1. The summed E-state index contributed by atoms with van der Waals surface area (Å²) in [5, 5.41) is 9.94. The first-order valence-electron chi connectivity index (χ1n) is 18.0. The lowest BCUT2D eigenvalue weighted by Gasteiger charge is -2.26. The van der Waals surface area contributed by atoms with Gasteiger partial charge in [0.2, 0.25) is 0 Å². The standard InChI is InChI=1S/C50H31NOS/c1-3-14-38-32(11-1)13-9-18-39(38)33-23-27-36(28-24-33)51(45-20-10-19-42-41-16-5-7-21-46(41)52-49(42)45)37-29-25-34(26-30-37)44-31-35-12-2-4-15-40(35)48-43-17-6-8-22-47(43)53-50(44)48/h1-31H. The fourth-order valence-electron chi connectivity index (χ4n) is 8.18. The molecule has 3 heteroatoms. The van der Waals surface area contributed by atoms with E-state index in [1.54, 1.807) is 0 Å². The van der Waals surface area contributed by atoms with Crippen LogP contribution in [0.4, 0.5) is 17.1 Å². The van der Waals surface area contributed by atoms with Gasteiger partial charge in [0.25, 0.3) is 0 Å². The zero-order valence-electron chi connectivity index (χ0n) is 28.7. The molecule has 2 aromatic heterocycles. The van der Waals surface area contributed by atoms with E-state index in [9.17, 15) is 0 Å². The molecule has 0 saturated carbocycles. The second-order valence-electron chi connectivity index (χ2n) is 13.7. The highest BCUT2D eigenvalue weighted by atomic mass is 32.1. The van der Waals surface area contributed by atoms with Gasteiger partial charge in [-0.3, -0.25) is 0 Å². The van der Waals surface area contributed by atoms with Crippen molar-refractivity contribution < 1.29 is 4.42 Å². The summed E-state index contributed by atoms with van der Waals surface area (Å²) in [5.41, 5.74) is 9.76. The Morgan fingerprint density at radius 1 is 0.415 bits per heavy atom. The van der Waals surface area contributed by atoms with Gasteiger partial charge in [0.1, 0.15) is 5.58 Å². The summed E-state index contributed by atoms with van der Waals surface area (Å²) >= 11 is 1.88. The highest BCUT2D eigenvalue weighted by Crippen LogP contribution is 2.46. The fraction of sp³-hybridized carbons (Fsp3) is 0. The fourth-order valence-corrected chi connectivity index (χ4v) is 9.44. The van der Waals surface area contributed by atoms with Gasteiger partial charge < -0.3 is 9.32 Å². The summed E-state index contributed by atoms with van der Waals surface area (Å²) in [6.45, 7) is 0. The molecule has 0 saturated heterocycles. The van der Waals surface area contributed by atoms with E-state index >= 15 is 0 Å². The van der Waals surface area contributed by atoms with Crippen LogP contribution in [-0.4, -0.2) is 0 Å². The molecule has 0 spiro atoms. The number of furan rings is 1. The number of anilines is 3. The molecule has 248 valence electrons. The number of rotatable bonds is 5. The van der Waals surface area contributed by atoms with Crippen LogP contribution in [0.5, 0.6) is 0 Å². The Balaban J connectivity index is 1.08. The number of hydrogen-bond acceptors (Lipinski definition) is 3. The molecule has 9 aromatic carbocycles. The first-order chi connectivity index (χ1) is 26.3. The van der Waals surface area contributed by atoms with E-state index in [1.807, 2.05) is 17.4 Å². The van der Waals surface area contributed by atoms with E-state index in [0.29, 0.717) is 0 Å². The van der Waals surface area contributed by atoms with Crippen molar-refractivity contribution in [2.75, 3.05) is 4.90 Å². The highest BCUT2D eigenvalue weighted by Gasteiger charge is 2.20. The topological polar surface area (TPSA) is 16.4 Å². The molecule has 0 aliphatic rings. The number of para-hydroxylation sites is 2. The van der Waals surface area contributed by atoms with Crippen LogP contribution in [0.15, 0.2) is 192 Å². The van der Waals surface area contributed by atoms with Crippen molar-refractivity contribution in [1.29, 1.82) is 0 Å². The lowest BCUT2D eigenvalue weighted by Crippen LogP contribution is -2.10. The Morgan fingerprint density at radius 3 is 1.79 bits per heavy atom. The van der Waals surface area contributed by atoms with E-state index < -0.39 is 0 Å². The molecule has 53 heavy (non-hydrogen) atoms. The number of benzene rings is 9. The van der Waals surface area contributed by atoms with Gasteiger partial charge in [-0.15, -0.1) is 11.3 Å². The minimum absolute atomic E-state index is 0.873. The molecule has 0 aliphatic carbocycles. The van der Waals surface area contributed by atoms with Crippen molar-refractivity contribution in [2.45, 2.75) is 0 Å². The lowest BCUT2D eigenvalue weighted by atomic mass is 9.96. The van der Waals surface area contributed by atoms with Gasteiger partial charge >= 0.3 is 0 Å². The maximum absolute atomic E-state index is 6.62. The Morgan fingerprint density at radius 2 is 1.00 bits per heavy atom. The van der Waals surface area contributed by atoms with E-state index in [2.05, 4.69) is 187 Å². The van der Waals surface area contributed by atoms with Gasteiger partial charge in [0.15, 0.2) is 5.58 Å². The summed E-state index contributed by atoms with van der Waals surface area (Å²) in [6.07, 6.45) is 0. The van der Waals surface area contributed by atoms with E-state index in [0.717, 1.165) is 39.0 Å². The van der Waals surface area contributed by atoms with Crippen LogP contribution in [0.1, 0.15) is 0 Å². The molecule has 2 heterocycles. The van der Waals surface area contributed by atoms with Crippen molar-refractivity contribution in [3.8, 4) is 22.3 Å². The first kappa shape index (κ1) is 30.0. The second-order valence-corrected chi connectivity index (χ2v) is 14.7. The highest BCUT2D eigenvalue weighted by molar-refractivity contribution is 7.26. The van der Waals surface area contributed by atoms with Crippen LogP contribution in [0, 0.1) is 0 Å². The molecule has 11 rings (SSSR count). The van der Waals surface area contributed by atoms with Crippen molar-refractivity contribution in [3.05, 3.63) is 188 Å². The molecule has 0 N–H and O–H groups in total. The summed E-state index contributed by atoms with van der Waals surface area (Å²) in [4.78, 5) is 2.33. The third-order valence-corrected chi connectivity index (χ3v) is 11.9. The smallest absolute Gasteiger partial charge is 0.159 e. The molecule has 0 amide bonds. The van der Waals surface area contributed by atoms with Crippen molar-refractivity contribution >= 4 is 92.1 Å².